The Morgan fingerprint density at radius 3 is 2.92 bits per heavy atom. The second-order valence-corrected chi connectivity index (χ2v) is 6.66. The van der Waals surface area contributed by atoms with Crippen LogP contribution in [0, 0.1) is 0 Å². The minimum atomic E-state index is -4.45. The van der Waals surface area contributed by atoms with E-state index < -0.39 is 11.7 Å². The van der Waals surface area contributed by atoms with Crippen LogP contribution in [-0.4, -0.2) is 26.7 Å². The van der Waals surface area contributed by atoms with Gasteiger partial charge in [0.05, 0.1) is 28.9 Å². The van der Waals surface area contributed by atoms with Gasteiger partial charge in [0.15, 0.2) is 5.17 Å². The number of aromatic nitrogens is 2. The lowest BCUT2D eigenvalue weighted by atomic mass is 10.2. The number of thioether (sulfide) groups is 1. The fourth-order valence-corrected chi connectivity index (χ4v) is 3.18. The maximum absolute atomic E-state index is 12.8. The van der Waals surface area contributed by atoms with Gasteiger partial charge in [-0.05, 0) is 36.0 Å². The minimum Gasteiger partial charge on any atom is -0.300 e. The SMILES string of the molecule is O=C1NC(=Nc2cccc(C(F)(F)F)c2)S/C1=C\c1cnn(CCCl)c1. The highest BCUT2D eigenvalue weighted by atomic mass is 35.5. The molecule has 1 aliphatic heterocycles. The summed E-state index contributed by atoms with van der Waals surface area (Å²) in [5, 5.41) is 6.86. The number of benzene rings is 1. The van der Waals surface area contributed by atoms with Gasteiger partial charge < -0.3 is 5.32 Å². The average Bonchev–Trinajstić information content (AvgIpc) is 3.14. The number of hydrogen-bond acceptors (Lipinski definition) is 4. The molecule has 0 unspecified atom stereocenters. The Labute approximate surface area is 155 Å². The van der Waals surface area contributed by atoms with E-state index in [1.807, 2.05) is 0 Å². The largest absolute Gasteiger partial charge is 0.416 e. The van der Waals surface area contributed by atoms with Crippen LogP contribution < -0.4 is 5.32 Å². The summed E-state index contributed by atoms with van der Waals surface area (Å²) in [6, 6.07) is 4.60. The van der Waals surface area contributed by atoms with E-state index in [1.165, 1.54) is 12.1 Å². The summed E-state index contributed by atoms with van der Waals surface area (Å²) < 4.78 is 39.9. The smallest absolute Gasteiger partial charge is 0.300 e. The Morgan fingerprint density at radius 2 is 2.19 bits per heavy atom. The van der Waals surface area contributed by atoms with Gasteiger partial charge in [0, 0.05) is 17.6 Å². The number of aliphatic imine (C=N–C) groups is 1. The van der Waals surface area contributed by atoms with Crippen LogP contribution in [0.15, 0.2) is 46.6 Å². The van der Waals surface area contributed by atoms with Gasteiger partial charge in [-0.3, -0.25) is 9.48 Å². The number of aryl methyl sites for hydroxylation is 1. The molecule has 0 radical (unpaired) electrons. The zero-order valence-corrected chi connectivity index (χ0v) is 14.7. The number of amides is 1. The number of hydrogen-bond donors (Lipinski definition) is 1. The second-order valence-electron chi connectivity index (χ2n) is 5.26. The second kappa shape index (κ2) is 7.55. The lowest BCUT2D eigenvalue weighted by Gasteiger charge is -2.06. The first-order valence-corrected chi connectivity index (χ1v) is 8.75. The quantitative estimate of drug-likeness (QED) is 0.622. The van der Waals surface area contributed by atoms with Crippen LogP contribution in [0.3, 0.4) is 0 Å². The molecule has 0 spiro atoms. The Bertz CT molecular complexity index is 892. The highest BCUT2D eigenvalue weighted by molar-refractivity contribution is 8.18. The van der Waals surface area contributed by atoms with E-state index in [2.05, 4.69) is 15.4 Å². The molecule has 5 nitrogen and oxygen atoms in total. The van der Waals surface area contributed by atoms with Crippen molar-refractivity contribution in [1.82, 2.24) is 15.1 Å². The zero-order valence-electron chi connectivity index (χ0n) is 13.1. The molecule has 0 saturated carbocycles. The molecule has 0 bridgehead atoms. The molecule has 2 heterocycles. The summed E-state index contributed by atoms with van der Waals surface area (Å²) in [5.41, 5.74) is 0.0306. The number of amidine groups is 1. The van der Waals surface area contributed by atoms with Crippen molar-refractivity contribution in [3.05, 3.63) is 52.7 Å². The lowest BCUT2D eigenvalue weighted by Crippen LogP contribution is -2.19. The number of nitrogens with zero attached hydrogens (tertiary/aromatic N) is 3. The third-order valence-electron chi connectivity index (χ3n) is 3.32. The van der Waals surface area contributed by atoms with E-state index in [9.17, 15) is 18.0 Å². The summed E-state index contributed by atoms with van der Waals surface area (Å²) in [6.07, 6.45) is 0.517. The molecule has 0 atom stereocenters. The lowest BCUT2D eigenvalue weighted by molar-refractivity contribution is -0.137. The van der Waals surface area contributed by atoms with Gasteiger partial charge in [-0.2, -0.15) is 18.3 Å². The van der Waals surface area contributed by atoms with Crippen LogP contribution in [0.25, 0.3) is 6.08 Å². The number of nitrogens with one attached hydrogen (secondary N) is 1. The third kappa shape index (κ3) is 4.47. The highest BCUT2D eigenvalue weighted by Crippen LogP contribution is 2.33. The van der Waals surface area contributed by atoms with E-state index in [4.69, 9.17) is 11.6 Å². The monoisotopic (exact) mass is 400 g/mol. The van der Waals surface area contributed by atoms with Crippen molar-refractivity contribution in [3.8, 4) is 0 Å². The van der Waals surface area contributed by atoms with Gasteiger partial charge in [0.1, 0.15) is 0 Å². The summed E-state index contributed by atoms with van der Waals surface area (Å²) in [7, 11) is 0. The van der Waals surface area contributed by atoms with E-state index in [0.717, 1.165) is 23.9 Å². The van der Waals surface area contributed by atoms with Crippen molar-refractivity contribution < 1.29 is 18.0 Å². The molecule has 1 amide bonds. The number of carbonyl (C=O) groups is 1. The van der Waals surface area contributed by atoms with Gasteiger partial charge in [0.25, 0.3) is 5.91 Å². The molecule has 1 fully saturated rings. The molecule has 1 aromatic carbocycles. The van der Waals surface area contributed by atoms with Crippen LogP contribution >= 0.6 is 23.4 Å². The minimum absolute atomic E-state index is 0.110. The Hall–Kier alpha value is -2.26. The van der Waals surface area contributed by atoms with E-state index in [1.54, 1.807) is 23.2 Å². The van der Waals surface area contributed by atoms with Crippen molar-refractivity contribution in [2.24, 2.45) is 4.99 Å². The van der Waals surface area contributed by atoms with Gasteiger partial charge in [0.2, 0.25) is 0 Å². The summed E-state index contributed by atoms with van der Waals surface area (Å²) in [5.74, 6) is 0.0478. The summed E-state index contributed by atoms with van der Waals surface area (Å²) >= 11 is 6.69. The van der Waals surface area contributed by atoms with E-state index >= 15 is 0 Å². The van der Waals surface area contributed by atoms with Crippen LogP contribution in [0.4, 0.5) is 18.9 Å². The van der Waals surface area contributed by atoms with Crippen LogP contribution in [-0.2, 0) is 17.5 Å². The molecule has 2 aromatic rings. The number of alkyl halides is 4. The molecule has 3 rings (SSSR count). The first kappa shape index (κ1) is 18.5. The molecule has 26 heavy (non-hydrogen) atoms. The fraction of sp³-hybridized carbons (Fsp3) is 0.188. The molecular weight excluding hydrogens is 389 g/mol. The van der Waals surface area contributed by atoms with Gasteiger partial charge >= 0.3 is 6.18 Å². The first-order valence-electron chi connectivity index (χ1n) is 7.40. The summed E-state index contributed by atoms with van der Waals surface area (Å²) in [6.45, 7) is 0.548. The Kier molecular flexibility index (Phi) is 5.38. The number of halogens is 4. The molecule has 1 saturated heterocycles. The van der Waals surface area contributed by atoms with Crippen LogP contribution in [0.1, 0.15) is 11.1 Å². The zero-order chi connectivity index (χ0) is 18.7. The third-order valence-corrected chi connectivity index (χ3v) is 4.40. The Morgan fingerprint density at radius 1 is 1.38 bits per heavy atom. The van der Waals surface area contributed by atoms with Crippen molar-refractivity contribution in [1.29, 1.82) is 0 Å². The summed E-state index contributed by atoms with van der Waals surface area (Å²) in [4.78, 5) is 16.5. The maximum Gasteiger partial charge on any atom is 0.416 e. The van der Waals surface area contributed by atoms with Crippen molar-refractivity contribution >= 4 is 46.2 Å². The average molecular weight is 401 g/mol. The maximum atomic E-state index is 12.8. The van der Waals surface area contributed by atoms with Gasteiger partial charge in [-0.25, -0.2) is 4.99 Å². The van der Waals surface area contributed by atoms with Crippen LogP contribution in [0.5, 0.6) is 0 Å². The molecule has 10 heteroatoms. The van der Waals surface area contributed by atoms with E-state index in [0.29, 0.717) is 22.9 Å². The fourth-order valence-electron chi connectivity index (χ4n) is 2.16. The van der Waals surface area contributed by atoms with Crippen molar-refractivity contribution in [2.45, 2.75) is 12.7 Å². The number of rotatable bonds is 4. The van der Waals surface area contributed by atoms with Crippen molar-refractivity contribution in [3.63, 3.8) is 0 Å². The normalized spacial score (nSPS) is 17.9. The molecule has 1 aromatic heterocycles. The molecular formula is C16H12ClF3N4OS. The highest BCUT2D eigenvalue weighted by Gasteiger charge is 2.30. The van der Waals surface area contributed by atoms with Crippen LogP contribution in [0.2, 0.25) is 0 Å². The standard InChI is InChI=1S/C16H12ClF3N4OS/c17-4-5-24-9-10(8-21-24)6-13-14(25)23-15(26-13)22-12-3-1-2-11(7-12)16(18,19)20/h1-3,6-9H,4-5H2,(H,22,23,25)/b13-6-. The van der Waals surface area contributed by atoms with Gasteiger partial charge in [-0.1, -0.05) is 6.07 Å². The number of carbonyl (C=O) groups excluding carboxylic acids is 1. The van der Waals surface area contributed by atoms with Gasteiger partial charge in [-0.15, -0.1) is 11.6 Å². The molecule has 1 N–H and O–H groups in total. The molecule has 1 aliphatic rings. The predicted octanol–water partition coefficient (Wildman–Crippen LogP) is 4.03. The van der Waals surface area contributed by atoms with Crippen molar-refractivity contribution in [2.75, 3.05) is 5.88 Å². The molecule has 136 valence electrons. The Balaban J connectivity index is 1.78. The first-order chi connectivity index (χ1) is 12.3. The topological polar surface area (TPSA) is 59.3 Å². The van der Waals surface area contributed by atoms with E-state index in [-0.39, 0.29) is 16.8 Å². The molecule has 0 aliphatic carbocycles. The predicted molar refractivity (Wildman–Crippen MR) is 95.2 cm³/mol.